The van der Waals surface area contributed by atoms with E-state index in [1.54, 1.807) is 77.2 Å². The zero-order chi connectivity index (χ0) is 58.3. The van der Waals surface area contributed by atoms with E-state index in [1.807, 2.05) is 66.7 Å². The van der Waals surface area contributed by atoms with E-state index in [-0.39, 0.29) is 25.4 Å². The van der Waals surface area contributed by atoms with Gasteiger partial charge in [0.15, 0.2) is 0 Å². The highest BCUT2D eigenvalue weighted by Crippen LogP contribution is 2.44. The molecule has 0 spiro atoms. The minimum absolute atomic E-state index is 0.227. The van der Waals surface area contributed by atoms with Gasteiger partial charge in [-0.2, -0.15) is 20.4 Å². The molecular weight excluding hydrogens is 1160 g/mol. The number of thiophene rings is 4. The number of aromatic nitrogens is 12. The Morgan fingerprint density at radius 1 is 0.518 bits per heavy atom. The van der Waals surface area contributed by atoms with E-state index in [1.165, 1.54) is 0 Å². The maximum Gasteiger partial charge on any atom is 0.126 e. The standard InChI is InChI=1S/C15H17N5OS.3C14H15N5OS/c1-21-9-3-5-20(8-9)12-7-14(16)18-11-6-13(22-15(11)12)10-2-4-17-19-10;15-13-6-11(19-4-2-8(20)7-19)14-10(17-13)5-12(21-14)9-1-3-16-18-9;2*15-13-5-11(17-9-3-7(9)6-20)14-10(18-13)4-12(21-14)8-1-2-16-19-8/h2,4,6-7,9H,3,5,8H2,1H3,(H2,16,18)(H,17,19);1,3,5-6,8,20H,2,4,7H2,(H2,15,17)(H,16,18);2*1-2,4-5,7,9,20H,3,6H2,(H,16,19)(H3,15,17,18)/t;8-;7-,9?;7-,9-/m.100/s1. The fourth-order valence-electron chi connectivity index (χ4n) is 10.7. The monoisotopic (exact) mass is 1220 g/mol. The normalized spacial score (nSPS) is 19.7. The van der Waals surface area contributed by atoms with Crippen LogP contribution in [-0.2, 0) is 4.74 Å². The summed E-state index contributed by atoms with van der Waals surface area (Å²) >= 11 is 6.69. The van der Waals surface area contributed by atoms with Crippen LogP contribution in [0.5, 0.6) is 0 Å². The van der Waals surface area contributed by atoms with E-state index in [0.29, 0.717) is 53.7 Å². The van der Waals surface area contributed by atoms with E-state index in [4.69, 9.17) is 37.9 Å². The first-order chi connectivity index (χ1) is 41.4. The van der Waals surface area contributed by atoms with Crippen molar-refractivity contribution < 1.29 is 20.1 Å². The zero-order valence-electron chi connectivity index (χ0n) is 45.9. The first-order valence-electron chi connectivity index (χ1n) is 27.7. The minimum Gasteiger partial charge on any atom is -0.396 e. The van der Waals surface area contributed by atoms with Crippen LogP contribution < -0.4 is 43.4 Å². The average molecular weight is 1220 g/mol. The molecule has 2 saturated carbocycles. The molecule has 2 aliphatic heterocycles. The van der Waals surface area contributed by atoms with Crippen molar-refractivity contribution in [3.63, 3.8) is 0 Å². The van der Waals surface area contributed by atoms with Crippen LogP contribution >= 0.6 is 45.3 Å². The van der Waals surface area contributed by atoms with Gasteiger partial charge in [0.05, 0.1) is 118 Å². The number of ether oxygens (including phenoxy) is 1. The number of nitrogens with zero attached hydrogens (tertiary/aromatic N) is 10. The van der Waals surface area contributed by atoms with Crippen molar-refractivity contribution in [2.24, 2.45) is 11.8 Å². The molecular formula is C57H62N20O4S4. The lowest BCUT2D eigenvalue weighted by molar-refractivity contribution is 0.121. The number of hydrogen-bond donors (Lipinski definition) is 13. The van der Waals surface area contributed by atoms with Crippen molar-refractivity contribution >= 4 is 132 Å². The Morgan fingerprint density at radius 3 is 1.21 bits per heavy atom. The third-order valence-corrected chi connectivity index (χ3v) is 20.1. The largest absolute Gasteiger partial charge is 0.396 e. The number of H-pyrrole nitrogens is 4. The molecule has 85 heavy (non-hydrogen) atoms. The van der Waals surface area contributed by atoms with Gasteiger partial charge in [0, 0.05) is 119 Å². The highest BCUT2D eigenvalue weighted by molar-refractivity contribution is 7.24. The molecule has 2 saturated heterocycles. The maximum atomic E-state index is 9.76. The minimum atomic E-state index is -0.263. The molecule has 0 radical (unpaired) electrons. The van der Waals surface area contributed by atoms with E-state index in [9.17, 15) is 5.11 Å². The summed E-state index contributed by atoms with van der Waals surface area (Å²) in [5.41, 5.74) is 35.5. The van der Waals surface area contributed by atoms with Crippen LogP contribution in [0.15, 0.2) is 97.6 Å². The molecule has 0 bridgehead atoms. The van der Waals surface area contributed by atoms with Gasteiger partial charge in [-0.1, -0.05) is 0 Å². The predicted molar refractivity (Wildman–Crippen MR) is 342 cm³/mol. The van der Waals surface area contributed by atoms with Gasteiger partial charge >= 0.3 is 0 Å². The van der Waals surface area contributed by atoms with E-state index < -0.39 is 0 Å². The van der Waals surface area contributed by atoms with Crippen LogP contribution in [0.2, 0.25) is 0 Å². The van der Waals surface area contributed by atoms with E-state index >= 15 is 0 Å². The number of aromatic amines is 4. The smallest absolute Gasteiger partial charge is 0.126 e. The summed E-state index contributed by atoms with van der Waals surface area (Å²) in [4.78, 5) is 26.6. The lowest BCUT2D eigenvalue weighted by atomic mass is 10.3. The highest BCUT2D eigenvalue weighted by Gasteiger charge is 2.38. The van der Waals surface area contributed by atoms with Gasteiger partial charge in [0.25, 0.3) is 0 Å². The number of β-amino-alcohol motifs (C(OH)–C–C–N with tert-alkyl or cyclic N) is 1. The number of aliphatic hydroxyl groups excluding tert-OH is 3. The van der Waals surface area contributed by atoms with Crippen molar-refractivity contribution in [1.29, 1.82) is 0 Å². The van der Waals surface area contributed by atoms with Crippen molar-refractivity contribution in [2.75, 3.05) is 89.9 Å². The number of aliphatic hydroxyl groups is 3. The molecule has 12 aromatic rings. The van der Waals surface area contributed by atoms with Crippen LogP contribution in [0, 0.1) is 11.8 Å². The summed E-state index contributed by atoms with van der Waals surface area (Å²) in [6, 6.07) is 24.2. The van der Waals surface area contributed by atoms with Gasteiger partial charge in [0.2, 0.25) is 0 Å². The Labute approximate surface area is 501 Å². The van der Waals surface area contributed by atoms with E-state index in [2.05, 4.69) is 87.2 Å². The number of nitrogens with two attached hydrogens (primary N) is 4. The Kier molecular flexibility index (Phi) is 15.6. The van der Waals surface area contributed by atoms with Crippen LogP contribution in [0.1, 0.15) is 25.7 Å². The molecule has 0 amide bonds. The van der Waals surface area contributed by atoms with Crippen molar-refractivity contribution in [3.8, 4) is 42.3 Å². The molecule has 4 aliphatic rings. The maximum absolute atomic E-state index is 9.76. The Hall–Kier alpha value is -8.48. The second kappa shape index (κ2) is 23.9. The summed E-state index contributed by atoms with van der Waals surface area (Å²) < 4.78 is 9.90. The summed E-state index contributed by atoms with van der Waals surface area (Å²) in [5, 5.41) is 62.9. The first kappa shape index (κ1) is 55.7. The zero-order valence-corrected chi connectivity index (χ0v) is 49.2. The van der Waals surface area contributed by atoms with Crippen LogP contribution in [-0.4, -0.2) is 147 Å². The molecule has 2 unspecified atom stereocenters. The van der Waals surface area contributed by atoms with Crippen LogP contribution in [0.3, 0.4) is 0 Å². The molecule has 28 heteroatoms. The topological polar surface area (TPSA) is 371 Å². The van der Waals surface area contributed by atoms with Gasteiger partial charge in [-0.05, 0) is 74.2 Å². The van der Waals surface area contributed by atoms with Crippen molar-refractivity contribution in [1.82, 2.24) is 60.7 Å². The number of rotatable bonds is 13. The molecule has 12 aromatic heterocycles. The fraction of sp³-hybridized carbons (Fsp3) is 0.298. The second-order valence-electron chi connectivity index (χ2n) is 21.3. The number of nitrogens with one attached hydrogen (secondary N) is 6. The number of nitrogen functional groups attached to an aromatic ring is 4. The van der Waals surface area contributed by atoms with Gasteiger partial charge in [-0.3, -0.25) is 20.4 Å². The molecule has 0 aromatic carbocycles. The number of hydrogen-bond acceptors (Lipinski definition) is 24. The molecule has 16 rings (SSSR count). The molecule has 438 valence electrons. The van der Waals surface area contributed by atoms with Gasteiger partial charge < -0.3 is 63.4 Å². The quantitative estimate of drug-likeness (QED) is 0.0514. The number of anilines is 8. The number of fused-ring (bicyclic) bond motifs is 4. The first-order valence-corrected chi connectivity index (χ1v) is 30.9. The molecule has 17 N–H and O–H groups in total. The summed E-state index contributed by atoms with van der Waals surface area (Å²) in [6.45, 7) is 3.82. The van der Waals surface area contributed by atoms with Crippen LogP contribution in [0.4, 0.5) is 46.0 Å². The second-order valence-corrected chi connectivity index (χ2v) is 25.6. The lowest BCUT2D eigenvalue weighted by Gasteiger charge is -2.19. The summed E-state index contributed by atoms with van der Waals surface area (Å²) in [7, 11) is 1.77. The van der Waals surface area contributed by atoms with Crippen molar-refractivity contribution in [3.05, 3.63) is 97.6 Å². The van der Waals surface area contributed by atoms with E-state index in [0.717, 1.165) is 151 Å². The highest BCUT2D eigenvalue weighted by atomic mass is 32.1. The van der Waals surface area contributed by atoms with Crippen LogP contribution in [0.25, 0.3) is 83.2 Å². The number of pyridine rings is 4. The Bertz CT molecular complexity index is 4090. The Balaban J connectivity index is 0.000000105. The Morgan fingerprint density at radius 2 is 0.882 bits per heavy atom. The lowest BCUT2D eigenvalue weighted by Crippen LogP contribution is -2.22. The third-order valence-electron chi connectivity index (χ3n) is 15.3. The van der Waals surface area contributed by atoms with Gasteiger partial charge in [0.1, 0.15) is 23.3 Å². The average Bonchev–Trinajstić information content (AvgIpc) is 2.58. The van der Waals surface area contributed by atoms with Gasteiger partial charge in [-0.15, -0.1) is 45.3 Å². The predicted octanol–water partition coefficient (Wildman–Crippen LogP) is 8.46. The summed E-state index contributed by atoms with van der Waals surface area (Å²) in [6.07, 6.45) is 10.8. The molecule has 24 nitrogen and oxygen atoms in total. The molecule has 14 heterocycles. The van der Waals surface area contributed by atoms with Crippen molar-refractivity contribution in [2.45, 2.75) is 50.0 Å². The SMILES string of the molecule is COC1CCN(c2cc(N)nc3cc(-c4ccn[nH]4)sc23)C1.Nc1cc(N2CC[C@@H](O)C2)c2sc(-c3ccn[nH]3)cc2n1.Nc1cc(NC2C[C@H]2CO)c2sc(-c3ccn[nH]3)cc2n1.Nc1cc(N[C@H]2C[C@H]2CO)c2sc(-c3ccn[nH]3)cc2n1. The molecule has 4 fully saturated rings. The fourth-order valence-corrected chi connectivity index (χ4v) is 15.0. The molecule has 6 atom stereocenters. The molecule has 2 aliphatic carbocycles. The third kappa shape index (κ3) is 12.1. The van der Waals surface area contributed by atoms with Gasteiger partial charge in [-0.25, -0.2) is 19.9 Å². The summed E-state index contributed by atoms with van der Waals surface area (Å²) in [5.74, 6) is 2.76. The number of methoxy groups -OCH3 is 1.